The molecular weight excluding hydrogens is 178 g/mol. The highest BCUT2D eigenvalue weighted by molar-refractivity contribution is 4.83. The summed E-state index contributed by atoms with van der Waals surface area (Å²) >= 11 is 0. The molecule has 14 heavy (non-hydrogen) atoms. The van der Waals surface area contributed by atoms with Gasteiger partial charge in [0.25, 0.3) is 0 Å². The minimum atomic E-state index is -0.0488. The monoisotopic (exact) mass is 201 g/mol. The summed E-state index contributed by atoms with van der Waals surface area (Å²) in [7, 11) is 0. The summed E-state index contributed by atoms with van der Waals surface area (Å²) in [5.41, 5.74) is -0.0488. The second kappa shape index (κ2) is 4.60. The Kier molecular flexibility index (Phi) is 3.93. The summed E-state index contributed by atoms with van der Waals surface area (Å²) < 4.78 is 5.81. The second-order valence-electron chi connectivity index (χ2n) is 5.17. The molecule has 1 N–H and O–H groups in total. The fraction of sp³-hybridized carbons (Fsp3) is 1.00. The van der Waals surface area contributed by atoms with E-state index in [4.69, 9.17) is 9.84 Å². The summed E-state index contributed by atoms with van der Waals surface area (Å²) in [6.45, 7) is 11.6. The van der Waals surface area contributed by atoms with Crippen LogP contribution in [0.15, 0.2) is 0 Å². The molecule has 1 aliphatic rings. The lowest BCUT2D eigenvalue weighted by molar-refractivity contribution is -0.131. The van der Waals surface area contributed by atoms with Crippen LogP contribution in [0.1, 0.15) is 27.7 Å². The lowest BCUT2D eigenvalue weighted by Gasteiger charge is -2.42. The predicted molar refractivity (Wildman–Crippen MR) is 57.3 cm³/mol. The van der Waals surface area contributed by atoms with Crippen LogP contribution in [0.3, 0.4) is 0 Å². The number of morpholine rings is 1. The average Bonchev–Trinajstić information content (AvgIpc) is 1.99. The molecular formula is C11H23NO2. The van der Waals surface area contributed by atoms with Crippen LogP contribution in [0, 0.1) is 5.92 Å². The first-order chi connectivity index (χ1) is 6.43. The molecule has 2 unspecified atom stereocenters. The predicted octanol–water partition coefficient (Wildman–Crippen LogP) is 1.11. The number of rotatable bonds is 3. The number of hydrogen-bond donors (Lipinski definition) is 1. The van der Waals surface area contributed by atoms with Gasteiger partial charge in [-0.15, -0.1) is 0 Å². The summed E-state index contributed by atoms with van der Waals surface area (Å²) in [4.78, 5) is 2.38. The molecule has 0 aliphatic carbocycles. The third-order valence-corrected chi connectivity index (χ3v) is 2.52. The maximum Gasteiger partial charge on any atom is 0.0757 e. The molecule has 84 valence electrons. The Morgan fingerprint density at radius 2 is 2.21 bits per heavy atom. The van der Waals surface area contributed by atoms with Gasteiger partial charge in [0.05, 0.1) is 11.7 Å². The molecule has 0 bridgehead atoms. The summed E-state index contributed by atoms with van der Waals surface area (Å²) in [6, 6.07) is 0. The van der Waals surface area contributed by atoms with Gasteiger partial charge in [-0.25, -0.2) is 0 Å². The third kappa shape index (κ3) is 3.56. The summed E-state index contributed by atoms with van der Waals surface area (Å²) in [5.74, 6) is 0.357. The molecule has 0 aromatic carbocycles. The molecule has 0 aromatic rings. The van der Waals surface area contributed by atoms with Crippen molar-refractivity contribution in [3.05, 3.63) is 0 Å². The van der Waals surface area contributed by atoms with E-state index < -0.39 is 0 Å². The normalized spacial score (nSPS) is 30.2. The summed E-state index contributed by atoms with van der Waals surface area (Å²) in [6.07, 6.45) is 0.296. The molecule has 0 aromatic heterocycles. The van der Waals surface area contributed by atoms with Crippen molar-refractivity contribution in [1.82, 2.24) is 4.90 Å². The molecule has 1 heterocycles. The van der Waals surface area contributed by atoms with Gasteiger partial charge in [-0.1, -0.05) is 6.92 Å². The van der Waals surface area contributed by atoms with Gasteiger partial charge in [0.2, 0.25) is 0 Å². The molecule has 0 radical (unpaired) electrons. The van der Waals surface area contributed by atoms with Gasteiger partial charge in [-0.05, 0) is 26.7 Å². The molecule has 0 spiro atoms. The Bertz CT molecular complexity index is 182. The first-order valence-electron chi connectivity index (χ1n) is 5.44. The van der Waals surface area contributed by atoms with E-state index in [0.717, 1.165) is 19.6 Å². The van der Waals surface area contributed by atoms with E-state index >= 15 is 0 Å². The van der Waals surface area contributed by atoms with Gasteiger partial charge < -0.3 is 9.84 Å². The highest BCUT2D eigenvalue weighted by Crippen LogP contribution is 2.21. The molecule has 1 fully saturated rings. The lowest BCUT2D eigenvalue weighted by atomic mass is 10.0. The standard InChI is InChI=1S/C11H23NO2/c1-9(7-13)5-12-6-10(2)14-11(3,4)8-12/h9-10,13H,5-8H2,1-4H3. The zero-order valence-electron chi connectivity index (χ0n) is 9.79. The molecule has 0 saturated carbocycles. The van der Waals surface area contributed by atoms with Crippen LogP contribution in [-0.4, -0.2) is 48.0 Å². The van der Waals surface area contributed by atoms with Crippen molar-refractivity contribution < 1.29 is 9.84 Å². The zero-order chi connectivity index (χ0) is 10.8. The fourth-order valence-corrected chi connectivity index (χ4v) is 2.22. The minimum absolute atomic E-state index is 0.0488. The molecule has 3 heteroatoms. The van der Waals surface area contributed by atoms with Gasteiger partial charge in [0.1, 0.15) is 0 Å². The maximum atomic E-state index is 9.00. The van der Waals surface area contributed by atoms with E-state index in [2.05, 4.69) is 32.6 Å². The topological polar surface area (TPSA) is 32.7 Å². The first kappa shape index (κ1) is 12.0. The van der Waals surface area contributed by atoms with Gasteiger partial charge in [0, 0.05) is 26.2 Å². The van der Waals surface area contributed by atoms with E-state index in [0.29, 0.717) is 12.0 Å². The van der Waals surface area contributed by atoms with E-state index in [1.165, 1.54) is 0 Å². The van der Waals surface area contributed by atoms with Crippen molar-refractivity contribution in [1.29, 1.82) is 0 Å². The Balaban J connectivity index is 2.45. The van der Waals surface area contributed by atoms with Crippen molar-refractivity contribution in [3.63, 3.8) is 0 Å². The molecule has 1 aliphatic heterocycles. The van der Waals surface area contributed by atoms with E-state index in [9.17, 15) is 0 Å². The fourth-order valence-electron chi connectivity index (χ4n) is 2.22. The molecule has 2 atom stereocenters. The van der Waals surface area contributed by atoms with Gasteiger partial charge >= 0.3 is 0 Å². The van der Waals surface area contributed by atoms with Gasteiger partial charge in [0.15, 0.2) is 0 Å². The molecule has 1 saturated heterocycles. The highest BCUT2D eigenvalue weighted by atomic mass is 16.5. The molecule has 0 amide bonds. The van der Waals surface area contributed by atoms with E-state index in [-0.39, 0.29) is 12.2 Å². The highest BCUT2D eigenvalue weighted by Gasteiger charge is 2.31. The quantitative estimate of drug-likeness (QED) is 0.742. The number of hydrogen-bond acceptors (Lipinski definition) is 3. The van der Waals surface area contributed by atoms with Crippen LogP contribution in [-0.2, 0) is 4.74 Å². The zero-order valence-corrected chi connectivity index (χ0v) is 9.79. The SMILES string of the molecule is CC(CO)CN1CC(C)OC(C)(C)C1. The van der Waals surface area contributed by atoms with Crippen LogP contribution < -0.4 is 0 Å². The van der Waals surface area contributed by atoms with Crippen LogP contribution >= 0.6 is 0 Å². The third-order valence-electron chi connectivity index (χ3n) is 2.52. The average molecular weight is 201 g/mol. The number of ether oxygens (including phenoxy) is 1. The van der Waals surface area contributed by atoms with Crippen LogP contribution in [0.25, 0.3) is 0 Å². The summed E-state index contributed by atoms with van der Waals surface area (Å²) in [5, 5.41) is 9.00. The van der Waals surface area contributed by atoms with Gasteiger partial charge in [-0.3, -0.25) is 4.90 Å². The maximum absolute atomic E-state index is 9.00. The van der Waals surface area contributed by atoms with Crippen molar-refractivity contribution in [2.24, 2.45) is 5.92 Å². The Morgan fingerprint density at radius 1 is 1.57 bits per heavy atom. The smallest absolute Gasteiger partial charge is 0.0757 e. The van der Waals surface area contributed by atoms with Crippen LogP contribution in [0.4, 0.5) is 0 Å². The van der Waals surface area contributed by atoms with Crippen molar-refractivity contribution in [2.75, 3.05) is 26.2 Å². The first-order valence-corrected chi connectivity index (χ1v) is 5.44. The largest absolute Gasteiger partial charge is 0.396 e. The molecule has 1 rings (SSSR count). The minimum Gasteiger partial charge on any atom is -0.396 e. The van der Waals surface area contributed by atoms with Crippen molar-refractivity contribution in [2.45, 2.75) is 39.4 Å². The van der Waals surface area contributed by atoms with E-state index in [1.54, 1.807) is 0 Å². The number of nitrogens with zero attached hydrogens (tertiary/aromatic N) is 1. The second-order valence-corrected chi connectivity index (χ2v) is 5.17. The number of aliphatic hydroxyl groups excluding tert-OH is 1. The lowest BCUT2D eigenvalue weighted by Crippen LogP contribution is -2.52. The van der Waals surface area contributed by atoms with Crippen LogP contribution in [0.2, 0.25) is 0 Å². The van der Waals surface area contributed by atoms with E-state index in [1.807, 2.05) is 0 Å². The van der Waals surface area contributed by atoms with Crippen LogP contribution in [0.5, 0.6) is 0 Å². The number of aliphatic hydroxyl groups is 1. The van der Waals surface area contributed by atoms with Crippen molar-refractivity contribution in [3.8, 4) is 0 Å². The Hall–Kier alpha value is -0.120. The molecule has 3 nitrogen and oxygen atoms in total. The van der Waals surface area contributed by atoms with Crippen molar-refractivity contribution >= 4 is 0 Å². The Labute approximate surface area is 87.1 Å². The van der Waals surface area contributed by atoms with Gasteiger partial charge in [-0.2, -0.15) is 0 Å². The Morgan fingerprint density at radius 3 is 2.71 bits per heavy atom.